The first-order chi connectivity index (χ1) is 26.7. The molecule has 57 heavy (non-hydrogen) atoms. The van der Waals surface area contributed by atoms with Gasteiger partial charge >= 0.3 is 5.97 Å². The largest absolute Gasteiger partial charge is 0.432 e. The molecule has 0 amide bonds. The molecule has 6 fully saturated rings. The minimum atomic E-state index is -1.97. The maximum Gasteiger partial charge on any atom is 0.314 e. The monoisotopic (exact) mass is 820 g/mol. The Morgan fingerprint density at radius 3 is 1.72 bits per heavy atom. The van der Waals surface area contributed by atoms with E-state index in [-0.39, 0.29) is 22.2 Å². The van der Waals surface area contributed by atoms with Gasteiger partial charge in [0.25, 0.3) is 0 Å². The van der Waals surface area contributed by atoms with Crippen molar-refractivity contribution in [1.29, 1.82) is 0 Å². The van der Waals surface area contributed by atoms with Crippen molar-refractivity contribution in [3.05, 3.63) is 0 Å². The lowest BCUT2D eigenvalue weighted by Gasteiger charge is -2.52. The molecule has 10 N–H and O–H groups in total. The van der Waals surface area contributed by atoms with Crippen LogP contribution in [0.25, 0.3) is 0 Å². The van der Waals surface area contributed by atoms with Crippen LogP contribution in [0.15, 0.2) is 0 Å². The fourth-order valence-corrected chi connectivity index (χ4v) is 11.0. The van der Waals surface area contributed by atoms with E-state index in [1.807, 2.05) is 6.92 Å². The normalized spacial score (nSPS) is 50.1. The van der Waals surface area contributed by atoms with Crippen LogP contribution < -0.4 is 0 Å². The first-order valence-corrected chi connectivity index (χ1v) is 20.4. The highest BCUT2D eigenvalue weighted by Crippen LogP contribution is 2.61. The number of Topliss-reactive ketones (excluding diaryl/α,β-unsaturated/α-hetero) is 1. The standard InChI is InChI=1S/C39H64O18/c1-36(2)8-5-10-38(4,21(36)7-12-39-11-6-9-37(3,17-39)22(43)13-39)35(51)57-34-31(56-33-29(50)27(48)24(45)19(15-41)53-33)30(25(46)20(16-42)54-34)55-32-28(49)26(47)23(44)18(14-40)52-32/h18-21,23-34,40-42,44-50H,5-17H2,1-4H3/t18?,19?,20?,21?,23?,24?,25?,26?,27?,28?,29?,30?,31?,32?,33?,34?,37?,38-,39+/m1/s1. The number of carbonyl (C=O) groups is 2. The van der Waals surface area contributed by atoms with E-state index in [1.54, 1.807) is 0 Å². The third-order valence-electron chi connectivity index (χ3n) is 14.4. The van der Waals surface area contributed by atoms with Crippen LogP contribution in [0.3, 0.4) is 0 Å². The van der Waals surface area contributed by atoms with Gasteiger partial charge in [-0.1, -0.05) is 33.6 Å². The maximum absolute atomic E-state index is 14.8. The number of hydrogen-bond donors (Lipinski definition) is 10. The minimum absolute atomic E-state index is 0.140. The Labute approximate surface area is 332 Å². The molecule has 0 aromatic carbocycles. The van der Waals surface area contributed by atoms with Crippen molar-refractivity contribution in [2.45, 2.75) is 184 Å². The van der Waals surface area contributed by atoms with Crippen LogP contribution in [-0.2, 0) is 38.0 Å². The first-order valence-electron chi connectivity index (χ1n) is 20.4. The van der Waals surface area contributed by atoms with Crippen LogP contribution >= 0.6 is 0 Å². The molecule has 328 valence electrons. The molecule has 6 aliphatic rings. The third-order valence-corrected chi connectivity index (χ3v) is 14.4. The highest BCUT2D eigenvalue weighted by molar-refractivity contribution is 5.88. The zero-order chi connectivity index (χ0) is 41.8. The summed E-state index contributed by atoms with van der Waals surface area (Å²) in [6, 6.07) is 0. The van der Waals surface area contributed by atoms with Gasteiger partial charge in [-0.2, -0.15) is 0 Å². The quantitative estimate of drug-likeness (QED) is 0.0965. The van der Waals surface area contributed by atoms with E-state index in [4.69, 9.17) is 28.4 Å². The van der Waals surface area contributed by atoms with Crippen molar-refractivity contribution >= 4 is 11.8 Å². The Bertz CT molecular complexity index is 1410. The van der Waals surface area contributed by atoms with E-state index in [2.05, 4.69) is 20.8 Å². The van der Waals surface area contributed by atoms with Crippen LogP contribution in [0.5, 0.6) is 0 Å². The number of carbonyl (C=O) groups excluding carboxylic acids is 2. The predicted molar refractivity (Wildman–Crippen MR) is 192 cm³/mol. The lowest BCUT2D eigenvalue weighted by atomic mass is 9.54. The van der Waals surface area contributed by atoms with E-state index in [1.165, 1.54) is 0 Å². The zero-order valence-corrected chi connectivity index (χ0v) is 33.2. The molecular weight excluding hydrogens is 756 g/mol. The summed E-state index contributed by atoms with van der Waals surface area (Å²) >= 11 is 0. The number of ketones is 1. The van der Waals surface area contributed by atoms with Gasteiger partial charge in [0.05, 0.1) is 25.2 Å². The summed E-state index contributed by atoms with van der Waals surface area (Å²) in [7, 11) is 0. The second-order valence-electron chi connectivity index (χ2n) is 18.8. The fourth-order valence-electron chi connectivity index (χ4n) is 11.0. The Morgan fingerprint density at radius 1 is 0.649 bits per heavy atom. The van der Waals surface area contributed by atoms with Gasteiger partial charge in [0.2, 0.25) is 6.29 Å². The molecule has 3 saturated carbocycles. The van der Waals surface area contributed by atoms with Gasteiger partial charge in [-0.15, -0.1) is 0 Å². The van der Waals surface area contributed by atoms with Crippen molar-refractivity contribution in [1.82, 2.24) is 0 Å². The van der Waals surface area contributed by atoms with Gasteiger partial charge in [-0.25, -0.2) is 0 Å². The Balaban J connectivity index is 1.31. The zero-order valence-electron chi connectivity index (χ0n) is 33.2. The van der Waals surface area contributed by atoms with Crippen LogP contribution in [0.2, 0.25) is 0 Å². The van der Waals surface area contributed by atoms with Crippen LogP contribution in [0.1, 0.15) is 91.9 Å². The average molecular weight is 821 g/mol. The number of esters is 1. The highest BCUT2D eigenvalue weighted by atomic mass is 16.8. The van der Waals surface area contributed by atoms with Crippen molar-refractivity contribution in [3.8, 4) is 0 Å². The SMILES string of the molecule is CC12CCC[C@](CCC3C(C)(C)CCC[C@@]3(C)C(=O)OC3OC(CO)C(O)C(OC4OC(CO)C(O)C(O)C4O)C3OC3OC(CO)C(O)C(O)C3O)(CC1=O)C2. The lowest BCUT2D eigenvalue weighted by Crippen LogP contribution is -2.67. The smallest absolute Gasteiger partial charge is 0.314 e. The van der Waals surface area contributed by atoms with Gasteiger partial charge in [-0.3, -0.25) is 9.59 Å². The molecule has 3 aliphatic heterocycles. The van der Waals surface area contributed by atoms with Crippen molar-refractivity contribution in [2.24, 2.45) is 27.6 Å². The molecule has 18 heteroatoms. The molecule has 6 rings (SSSR count). The summed E-state index contributed by atoms with van der Waals surface area (Å²) < 4.78 is 35.3. The van der Waals surface area contributed by atoms with Gasteiger partial charge in [-0.05, 0) is 68.6 Å². The summed E-state index contributed by atoms with van der Waals surface area (Å²) in [5, 5.41) is 105. The summed E-state index contributed by atoms with van der Waals surface area (Å²) in [5.74, 6) is -0.634. The number of ether oxygens (including phenoxy) is 6. The molecule has 0 spiro atoms. The molecule has 2 bridgehead atoms. The fraction of sp³-hybridized carbons (Fsp3) is 0.949. The van der Waals surface area contributed by atoms with E-state index in [9.17, 15) is 60.7 Å². The van der Waals surface area contributed by atoms with Crippen molar-refractivity contribution in [2.75, 3.05) is 19.8 Å². The highest BCUT2D eigenvalue weighted by Gasteiger charge is 2.59. The number of rotatable bonds is 12. The molecule has 18 nitrogen and oxygen atoms in total. The molecule has 0 aromatic heterocycles. The van der Waals surface area contributed by atoms with E-state index < -0.39 is 123 Å². The molecule has 17 unspecified atom stereocenters. The molecular formula is C39H64O18. The molecule has 0 aromatic rings. The summed E-state index contributed by atoms with van der Waals surface area (Å²) in [6.45, 7) is 5.63. The predicted octanol–water partition coefficient (Wildman–Crippen LogP) is -1.87. The van der Waals surface area contributed by atoms with E-state index in [0.717, 1.165) is 38.5 Å². The third kappa shape index (κ3) is 8.44. The molecule has 3 aliphatic carbocycles. The Morgan fingerprint density at radius 2 is 1.16 bits per heavy atom. The molecule has 3 saturated heterocycles. The van der Waals surface area contributed by atoms with Gasteiger partial charge in [0.1, 0.15) is 72.9 Å². The topological polar surface area (TPSA) is 292 Å². The Kier molecular flexibility index (Phi) is 13.5. The van der Waals surface area contributed by atoms with Crippen LogP contribution in [0, 0.1) is 27.6 Å². The van der Waals surface area contributed by atoms with Gasteiger partial charge in [0.15, 0.2) is 18.7 Å². The lowest BCUT2D eigenvalue weighted by molar-refractivity contribution is -0.388. The maximum atomic E-state index is 14.8. The van der Waals surface area contributed by atoms with E-state index in [0.29, 0.717) is 31.5 Å². The molecule has 19 atom stereocenters. The van der Waals surface area contributed by atoms with Gasteiger partial charge < -0.3 is 79.5 Å². The minimum Gasteiger partial charge on any atom is -0.432 e. The summed E-state index contributed by atoms with van der Waals surface area (Å²) in [5.41, 5.74) is -1.91. The first kappa shape index (κ1) is 45.1. The number of fused-ring (bicyclic) bond motifs is 2. The van der Waals surface area contributed by atoms with Crippen LogP contribution in [0.4, 0.5) is 0 Å². The second kappa shape index (κ2) is 17.1. The number of aliphatic hydroxyl groups is 10. The van der Waals surface area contributed by atoms with E-state index >= 15 is 0 Å². The van der Waals surface area contributed by atoms with Crippen molar-refractivity contribution in [3.63, 3.8) is 0 Å². The summed E-state index contributed by atoms with van der Waals surface area (Å²) in [6.07, 6.45) is -19.2. The summed E-state index contributed by atoms with van der Waals surface area (Å²) in [4.78, 5) is 27.9. The van der Waals surface area contributed by atoms with Crippen LogP contribution in [-0.4, -0.2) is 175 Å². The number of hydrogen-bond acceptors (Lipinski definition) is 18. The van der Waals surface area contributed by atoms with Gasteiger partial charge in [0, 0.05) is 11.8 Å². The molecule has 3 heterocycles. The average Bonchev–Trinajstić information content (AvgIpc) is 3.34. The Hall–Kier alpha value is -1.46. The molecule has 0 radical (unpaired) electrons. The number of aliphatic hydroxyl groups excluding tert-OH is 10. The second-order valence-corrected chi connectivity index (χ2v) is 18.8. The van der Waals surface area contributed by atoms with Crippen molar-refractivity contribution < 1.29 is 89.1 Å².